The average molecular weight is 279 g/mol. The van der Waals surface area contributed by atoms with Crippen LogP contribution >= 0.6 is 0 Å². The summed E-state index contributed by atoms with van der Waals surface area (Å²) in [6.07, 6.45) is 0.920. The molecule has 0 bridgehead atoms. The number of carbonyl (C=O) groups excluding carboxylic acids is 1. The third-order valence-corrected chi connectivity index (χ3v) is 3.64. The van der Waals surface area contributed by atoms with Gasteiger partial charge in [0.05, 0.1) is 5.92 Å². The van der Waals surface area contributed by atoms with Crippen LogP contribution < -0.4 is 5.32 Å². The van der Waals surface area contributed by atoms with Crippen molar-refractivity contribution in [3.63, 3.8) is 0 Å². The molecule has 1 amide bonds. The summed E-state index contributed by atoms with van der Waals surface area (Å²) in [7, 11) is 0. The van der Waals surface area contributed by atoms with Crippen LogP contribution in [0.5, 0.6) is 0 Å². The first-order chi connectivity index (χ1) is 9.20. The lowest BCUT2D eigenvalue weighted by atomic mass is 9.83. The highest BCUT2D eigenvalue weighted by atomic mass is 19.1. The zero-order valence-corrected chi connectivity index (χ0v) is 12.0. The molecule has 0 aromatic heterocycles. The number of rotatable bonds is 1. The number of halogens is 2. The highest BCUT2D eigenvalue weighted by molar-refractivity contribution is 5.86. The molecule has 1 aliphatic rings. The Morgan fingerprint density at radius 3 is 2.25 bits per heavy atom. The maximum Gasteiger partial charge on any atom is 0.231 e. The van der Waals surface area contributed by atoms with Crippen LogP contribution in [0.25, 0.3) is 0 Å². The van der Waals surface area contributed by atoms with Crippen LogP contribution in [-0.4, -0.2) is 5.91 Å². The van der Waals surface area contributed by atoms with Crippen LogP contribution in [-0.2, 0) is 10.2 Å². The standard InChI is InChI=1S/C16H19F2NO/c1-9-5-6-11(15(20)19-9)14-12(17)7-10(8-13(14)18)16(2,3)4/h7-8,11H,1,5-6H2,2-4H3,(H,19,20). The van der Waals surface area contributed by atoms with E-state index in [1.54, 1.807) is 0 Å². The van der Waals surface area contributed by atoms with E-state index < -0.39 is 17.6 Å². The van der Waals surface area contributed by atoms with Gasteiger partial charge in [-0.3, -0.25) is 4.79 Å². The van der Waals surface area contributed by atoms with Crippen molar-refractivity contribution in [2.24, 2.45) is 0 Å². The zero-order chi connectivity index (χ0) is 15.1. The SMILES string of the molecule is C=C1CCC(c2c(F)cc(C(C)(C)C)cc2F)C(=O)N1. The minimum Gasteiger partial charge on any atom is -0.330 e. The van der Waals surface area contributed by atoms with Crippen molar-refractivity contribution in [3.05, 3.63) is 47.2 Å². The lowest BCUT2D eigenvalue weighted by Gasteiger charge is -2.26. The van der Waals surface area contributed by atoms with Crippen LogP contribution in [0.4, 0.5) is 8.78 Å². The number of carbonyl (C=O) groups is 1. The van der Waals surface area contributed by atoms with Crippen molar-refractivity contribution >= 4 is 5.91 Å². The maximum atomic E-state index is 14.3. The van der Waals surface area contributed by atoms with Crippen molar-refractivity contribution in [2.75, 3.05) is 0 Å². The van der Waals surface area contributed by atoms with Gasteiger partial charge >= 0.3 is 0 Å². The second-order valence-electron chi connectivity index (χ2n) is 6.29. The van der Waals surface area contributed by atoms with E-state index in [1.165, 1.54) is 12.1 Å². The number of piperidine rings is 1. The molecular weight excluding hydrogens is 260 g/mol. The summed E-state index contributed by atoms with van der Waals surface area (Å²) in [5.41, 5.74) is 0.696. The van der Waals surface area contributed by atoms with Crippen LogP contribution in [0.3, 0.4) is 0 Å². The van der Waals surface area contributed by atoms with Crippen LogP contribution in [0.1, 0.15) is 50.7 Å². The second-order valence-corrected chi connectivity index (χ2v) is 6.29. The van der Waals surface area contributed by atoms with E-state index >= 15 is 0 Å². The van der Waals surface area contributed by atoms with E-state index in [0.29, 0.717) is 24.1 Å². The Bertz CT molecular complexity index is 549. The Kier molecular flexibility index (Phi) is 3.67. The quantitative estimate of drug-likeness (QED) is 0.833. The van der Waals surface area contributed by atoms with Crippen LogP contribution in [0.15, 0.2) is 24.4 Å². The predicted octanol–water partition coefficient (Wildman–Crippen LogP) is 3.77. The number of benzene rings is 1. The van der Waals surface area contributed by atoms with Gasteiger partial charge in [0.2, 0.25) is 5.91 Å². The third-order valence-electron chi connectivity index (χ3n) is 3.64. The topological polar surface area (TPSA) is 29.1 Å². The Balaban J connectivity index is 2.43. The molecule has 1 saturated heterocycles. The minimum atomic E-state index is -0.783. The lowest BCUT2D eigenvalue weighted by molar-refractivity contribution is -0.123. The summed E-state index contributed by atoms with van der Waals surface area (Å²) in [4.78, 5) is 11.9. The molecule has 0 radical (unpaired) electrons. The zero-order valence-electron chi connectivity index (χ0n) is 12.0. The number of hydrogen-bond donors (Lipinski definition) is 1. The maximum absolute atomic E-state index is 14.3. The molecule has 0 saturated carbocycles. The highest BCUT2D eigenvalue weighted by Gasteiger charge is 2.31. The molecule has 2 nitrogen and oxygen atoms in total. The van der Waals surface area contributed by atoms with Crippen molar-refractivity contribution < 1.29 is 13.6 Å². The first kappa shape index (κ1) is 14.7. The van der Waals surface area contributed by atoms with Gasteiger partial charge in [0, 0.05) is 11.3 Å². The molecule has 1 fully saturated rings. The van der Waals surface area contributed by atoms with E-state index in [9.17, 15) is 13.6 Å². The summed E-state index contributed by atoms with van der Waals surface area (Å²) in [5.74, 6) is -2.47. The van der Waals surface area contributed by atoms with Gasteiger partial charge in [-0.2, -0.15) is 0 Å². The molecule has 1 aromatic rings. The number of allylic oxidation sites excluding steroid dienone is 1. The molecule has 108 valence electrons. The normalized spacial score (nSPS) is 19.9. The molecule has 20 heavy (non-hydrogen) atoms. The first-order valence-electron chi connectivity index (χ1n) is 6.68. The summed E-state index contributed by atoms with van der Waals surface area (Å²) >= 11 is 0. The molecule has 1 aromatic carbocycles. The van der Waals surface area contributed by atoms with Gasteiger partial charge < -0.3 is 5.32 Å². The number of amides is 1. The van der Waals surface area contributed by atoms with Crippen molar-refractivity contribution in [1.82, 2.24) is 5.32 Å². The highest BCUT2D eigenvalue weighted by Crippen LogP contribution is 2.34. The molecule has 0 spiro atoms. The Morgan fingerprint density at radius 1 is 1.25 bits per heavy atom. The van der Waals surface area contributed by atoms with Gasteiger partial charge in [-0.25, -0.2) is 8.78 Å². The third kappa shape index (κ3) is 2.74. The lowest BCUT2D eigenvalue weighted by Crippen LogP contribution is -2.34. The van der Waals surface area contributed by atoms with E-state index in [1.807, 2.05) is 20.8 Å². The van der Waals surface area contributed by atoms with Gasteiger partial charge in [0.25, 0.3) is 0 Å². The monoisotopic (exact) mass is 279 g/mol. The Morgan fingerprint density at radius 2 is 1.80 bits per heavy atom. The van der Waals surface area contributed by atoms with Gasteiger partial charge in [-0.05, 0) is 36.0 Å². The fourth-order valence-corrected chi connectivity index (χ4v) is 2.40. The molecular formula is C16H19F2NO. The minimum absolute atomic E-state index is 0.136. The molecule has 4 heteroatoms. The van der Waals surface area contributed by atoms with Gasteiger partial charge in [0.15, 0.2) is 0 Å². The largest absolute Gasteiger partial charge is 0.330 e. The Labute approximate surface area is 117 Å². The molecule has 1 aliphatic heterocycles. The average Bonchev–Trinajstić information content (AvgIpc) is 2.29. The van der Waals surface area contributed by atoms with E-state index in [-0.39, 0.29) is 16.9 Å². The van der Waals surface area contributed by atoms with E-state index in [0.717, 1.165) is 0 Å². The van der Waals surface area contributed by atoms with Crippen LogP contribution in [0.2, 0.25) is 0 Å². The molecule has 1 N–H and O–H groups in total. The van der Waals surface area contributed by atoms with Gasteiger partial charge in [-0.15, -0.1) is 0 Å². The Hall–Kier alpha value is -1.71. The smallest absolute Gasteiger partial charge is 0.231 e. The summed E-state index contributed by atoms with van der Waals surface area (Å²) in [6.45, 7) is 9.33. The summed E-state index contributed by atoms with van der Waals surface area (Å²) < 4.78 is 28.5. The number of hydrogen-bond acceptors (Lipinski definition) is 1. The van der Waals surface area contributed by atoms with Gasteiger partial charge in [0.1, 0.15) is 11.6 Å². The van der Waals surface area contributed by atoms with Crippen molar-refractivity contribution in [2.45, 2.75) is 44.9 Å². The molecule has 2 rings (SSSR count). The van der Waals surface area contributed by atoms with Crippen molar-refractivity contribution in [1.29, 1.82) is 0 Å². The van der Waals surface area contributed by atoms with E-state index in [4.69, 9.17) is 0 Å². The fraction of sp³-hybridized carbons (Fsp3) is 0.438. The fourth-order valence-electron chi connectivity index (χ4n) is 2.40. The molecule has 0 aliphatic carbocycles. The molecule has 1 unspecified atom stereocenters. The summed E-state index contributed by atoms with van der Waals surface area (Å²) in [5, 5.41) is 2.56. The first-order valence-corrected chi connectivity index (χ1v) is 6.68. The summed E-state index contributed by atoms with van der Waals surface area (Å²) in [6, 6.07) is 2.66. The van der Waals surface area contributed by atoms with Crippen LogP contribution in [0, 0.1) is 11.6 Å². The second kappa shape index (κ2) is 5.00. The van der Waals surface area contributed by atoms with Crippen molar-refractivity contribution in [3.8, 4) is 0 Å². The molecule has 1 atom stereocenters. The van der Waals surface area contributed by atoms with E-state index in [2.05, 4.69) is 11.9 Å². The number of nitrogens with one attached hydrogen (secondary N) is 1. The van der Waals surface area contributed by atoms with Gasteiger partial charge in [-0.1, -0.05) is 27.4 Å². The molecule has 1 heterocycles. The predicted molar refractivity (Wildman–Crippen MR) is 74.3 cm³/mol.